The summed E-state index contributed by atoms with van der Waals surface area (Å²) in [7, 11) is 0. The van der Waals surface area contributed by atoms with Gasteiger partial charge < -0.3 is 10.0 Å². The van der Waals surface area contributed by atoms with Crippen LogP contribution in [0.1, 0.15) is 37.8 Å². The second-order valence-electron chi connectivity index (χ2n) is 5.96. The van der Waals surface area contributed by atoms with Gasteiger partial charge in [0.05, 0.1) is 6.61 Å². The van der Waals surface area contributed by atoms with Crippen molar-refractivity contribution in [2.75, 3.05) is 13.2 Å². The number of hydrogen-bond acceptors (Lipinski definition) is 2. The highest BCUT2D eigenvalue weighted by Gasteiger charge is 2.31. The number of carbonyl (C=O) groups excluding carboxylic acids is 1. The highest BCUT2D eigenvalue weighted by atomic mass is 16.2. The molecule has 1 heterocycles. The molecule has 1 amide bonds. The van der Waals surface area contributed by atoms with Gasteiger partial charge in [-0.1, -0.05) is 37.8 Å². The summed E-state index contributed by atoms with van der Waals surface area (Å²) in [6.45, 7) is 5.97. The molecule has 1 aromatic carbocycles. The van der Waals surface area contributed by atoms with Crippen molar-refractivity contribution in [1.82, 2.24) is 4.90 Å². The molecular formula is C18H23NO2. The molecule has 1 aromatic rings. The number of amides is 1. The van der Waals surface area contributed by atoms with Crippen LogP contribution in [0.25, 0.3) is 0 Å². The molecule has 0 aliphatic carbocycles. The Balaban J connectivity index is 2.02. The van der Waals surface area contributed by atoms with Crippen LogP contribution in [0.5, 0.6) is 0 Å². The number of carbonyl (C=O) groups is 1. The fourth-order valence-electron chi connectivity index (χ4n) is 2.59. The molecule has 0 bridgehead atoms. The molecule has 0 spiro atoms. The van der Waals surface area contributed by atoms with Crippen molar-refractivity contribution in [3.8, 4) is 11.8 Å². The van der Waals surface area contributed by atoms with Gasteiger partial charge in [-0.3, -0.25) is 4.79 Å². The SMILES string of the molecule is CC(C)C1CC(=O)N(Cc2cccc(C#CCCO)c2)C1. The molecule has 1 unspecified atom stereocenters. The zero-order valence-electron chi connectivity index (χ0n) is 12.8. The number of likely N-dealkylation sites (tertiary alicyclic amines) is 1. The third kappa shape index (κ3) is 4.34. The Morgan fingerprint density at radius 1 is 1.43 bits per heavy atom. The van der Waals surface area contributed by atoms with E-state index in [-0.39, 0.29) is 12.5 Å². The van der Waals surface area contributed by atoms with E-state index in [1.54, 1.807) is 0 Å². The number of aliphatic hydroxyl groups excluding tert-OH is 1. The predicted molar refractivity (Wildman–Crippen MR) is 83.4 cm³/mol. The van der Waals surface area contributed by atoms with Crippen molar-refractivity contribution in [2.24, 2.45) is 11.8 Å². The molecule has 112 valence electrons. The maximum absolute atomic E-state index is 12.1. The van der Waals surface area contributed by atoms with Crippen LogP contribution < -0.4 is 0 Å². The Kier molecular flexibility index (Phi) is 5.41. The summed E-state index contributed by atoms with van der Waals surface area (Å²) in [6, 6.07) is 7.99. The number of nitrogens with zero attached hydrogens (tertiary/aromatic N) is 1. The highest BCUT2D eigenvalue weighted by Crippen LogP contribution is 2.26. The van der Waals surface area contributed by atoms with Crippen molar-refractivity contribution in [1.29, 1.82) is 0 Å². The summed E-state index contributed by atoms with van der Waals surface area (Å²) in [5.41, 5.74) is 2.05. The van der Waals surface area contributed by atoms with Crippen molar-refractivity contribution < 1.29 is 9.90 Å². The lowest BCUT2D eigenvalue weighted by Gasteiger charge is -2.18. The van der Waals surface area contributed by atoms with Crippen molar-refractivity contribution >= 4 is 5.91 Å². The van der Waals surface area contributed by atoms with Gasteiger partial charge in [0.25, 0.3) is 0 Å². The van der Waals surface area contributed by atoms with E-state index >= 15 is 0 Å². The van der Waals surface area contributed by atoms with Crippen LogP contribution >= 0.6 is 0 Å². The topological polar surface area (TPSA) is 40.5 Å². The normalized spacial score (nSPS) is 18.0. The lowest BCUT2D eigenvalue weighted by atomic mass is 9.95. The van der Waals surface area contributed by atoms with Gasteiger partial charge >= 0.3 is 0 Å². The van der Waals surface area contributed by atoms with Gasteiger partial charge in [-0.15, -0.1) is 0 Å². The van der Waals surface area contributed by atoms with Crippen LogP contribution in [0.15, 0.2) is 24.3 Å². The molecule has 1 N–H and O–H groups in total. The molecule has 0 saturated carbocycles. The predicted octanol–water partition coefficient (Wildman–Crippen LogP) is 2.43. The van der Waals surface area contributed by atoms with E-state index in [0.717, 1.165) is 17.7 Å². The summed E-state index contributed by atoms with van der Waals surface area (Å²) in [4.78, 5) is 14.0. The van der Waals surface area contributed by atoms with E-state index in [2.05, 4.69) is 25.7 Å². The molecule has 1 saturated heterocycles. The van der Waals surface area contributed by atoms with E-state index < -0.39 is 0 Å². The van der Waals surface area contributed by atoms with Crippen molar-refractivity contribution in [3.05, 3.63) is 35.4 Å². The summed E-state index contributed by atoms with van der Waals surface area (Å²) in [5.74, 6) is 7.24. The van der Waals surface area contributed by atoms with Crippen molar-refractivity contribution in [3.63, 3.8) is 0 Å². The lowest BCUT2D eigenvalue weighted by Crippen LogP contribution is -2.25. The van der Waals surface area contributed by atoms with Crippen LogP contribution in [-0.2, 0) is 11.3 Å². The summed E-state index contributed by atoms with van der Waals surface area (Å²) in [6.07, 6.45) is 1.17. The Labute approximate surface area is 127 Å². The third-order valence-corrected chi connectivity index (χ3v) is 3.96. The fraction of sp³-hybridized carbons (Fsp3) is 0.500. The zero-order valence-corrected chi connectivity index (χ0v) is 12.8. The molecule has 1 aliphatic heterocycles. The standard InChI is InChI=1S/C18H23NO2/c1-14(2)17-11-18(21)19(13-17)12-16-8-5-7-15(10-16)6-3-4-9-20/h5,7-8,10,14,17,20H,4,9,11-13H2,1-2H3. The van der Waals surface area contributed by atoms with Gasteiger partial charge in [-0.2, -0.15) is 0 Å². The van der Waals surface area contributed by atoms with Gasteiger partial charge in [0.2, 0.25) is 5.91 Å². The molecule has 1 atom stereocenters. The minimum atomic E-state index is 0.0889. The first-order valence-electron chi connectivity index (χ1n) is 7.56. The lowest BCUT2D eigenvalue weighted by molar-refractivity contribution is -0.128. The average molecular weight is 285 g/mol. The Morgan fingerprint density at radius 2 is 2.24 bits per heavy atom. The third-order valence-electron chi connectivity index (χ3n) is 3.96. The summed E-state index contributed by atoms with van der Waals surface area (Å²) >= 11 is 0. The molecule has 3 heteroatoms. The first-order chi connectivity index (χ1) is 10.1. The Hall–Kier alpha value is -1.79. The molecule has 2 rings (SSSR count). The summed E-state index contributed by atoms with van der Waals surface area (Å²) in [5, 5.41) is 8.74. The van der Waals surface area contributed by atoms with E-state index in [9.17, 15) is 4.79 Å². The minimum Gasteiger partial charge on any atom is -0.395 e. The fourth-order valence-corrected chi connectivity index (χ4v) is 2.59. The second kappa shape index (κ2) is 7.28. The van der Waals surface area contributed by atoms with E-state index in [0.29, 0.717) is 31.2 Å². The van der Waals surface area contributed by atoms with Crippen LogP contribution in [0.3, 0.4) is 0 Å². The summed E-state index contributed by atoms with van der Waals surface area (Å²) < 4.78 is 0. The molecule has 3 nitrogen and oxygen atoms in total. The quantitative estimate of drug-likeness (QED) is 0.863. The number of aliphatic hydroxyl groups is 1. The van der Waals surface area contributed by atoms with Crippen LogP contribution in [-0.4, -0.2) is 29.1 Å². The first kappa shape index (κ1) is 15.6. The van der Waals surface area contributed by atoms with Gasteiger partial charge in [0, 0.05) is 31.5 Å². The molecule has 21 heavy (non-hydrogen) atoms. The highest BCUT2D eigenvalue weighted by molar-refractivity contribution is 5.78. The maximum Gasteiger partial charge on any atom is 0.223 e. The molecule has 1 fully saturated rings. The second-order valence-corrected chi connectivity index (χ2v) is 5.96. The van der Waals surface area contributed by atoms with Gasteiger partial charge in [0.1, 0.15) is 0 Å². The largest absolute Gasteiger partial charge is 0.395 e. The van der Waals surface area contributed by atoms with Crippen LogP contribution in [0.2, 0.25) is 0 Å². The molecular weight excluding hydrogens is 262 g/mol. The molecule has 1 aliphatic rings. The number of benzene rings is 1. The van der Waals surface area contributed by atoms with Gasteiger partial charge in [-0.05, 0) is 29.5 Å². The van der Waals surface area contributed by atoms with Crippen LogP contribution in [0, 0.1) is 23.7 Å². The number of rotatable bonds is 4. The van der Waals surface area contributed by atoms with Gasteiger partial charge in [0.15, 0.2) is 0 Å². The number of hydrogen-bond donors (Lipinski definition) is 1. The van der Waals surface area contributed by atoms with Gasteiger partial charge in [-0.25, -0.2) is 0 Å². The van der Waals surface area contributed by atoms with Crippen LogP contribution in [0.4, 0.5) is 0 Å². The maximum atomic E-state index is 12.1. The van der Waals surface area contributed by atoms with E-state index in [1.165, 1.54) is 0 Å². The first-order valence-corrected chi connectivity index (χ1v) is 7.56. The minimum absolute atomic E-state index is 0.0889. The smallest absolute Gasteiger partial charge is 0.223 e. The molecule has 0 aromatic heterocycles. The Morgan fingerprint density at radius 3 is 2.90 bits per heavy atom. The van der Waals surface area contributed by atoms with E-state index in [1.807, 2.05) is 29.2 Å². The molecule has 0 radical (unpaired) electrons. The van der Waals surface area contributed by atoms with E-state index in [4.69, 9.17) is 5.11 Å². The Bertz CT molecular complexity index is 554. The average Bonchev–Trinajstić information content (AvgIpc) is 2.81. The van der Waals surface area contributed by atoms with Crippen molar-refractivity contribution in [2.45, 2.75) is 33.2 Å². The zero-order chi connectivity index (χ0) is 15.2. The monoisotopic (exact) mass is 285 g/mol.